The van der Waals surface area contributed by atoms with Gasteiger partial charge in [-0.25, -0.2) is 9.78 Å². The van der Waals surface area contributed by atoms with E-state index in [-0.39, 0.29) is 16.9 Å². The van der Waals surface area contributed by atoms with Crippen LogP contribution in [-0.4, -0.2) is 49.9 Å². The third kappa shape index (κ3) is 4.71. The molecule has 1 saturated heterocycles. The largest absolute Gasteiger partial charge is 0.478 e. The lowest BCUT2D eigenvalue weighted by atomic mass is 9.89. The summed E-state index contributed by atoms with van der Waals surface area (Å²) in [6.45, 7) is 7.40. The molecule has 0 aromatic carbocycles. The number of aromatic carboxylic acids is 1. The van der Waals surface area contributed by atoms with E-state index in [1.54, 1.807) is 24.7 Å². The van der Waals surface area contributed by atoms with Gasteiger partial charge in [0.25, 0.3) is 0 Å². The van der Waals surface area contributed by atoms with Gasteiger partial charge in [-0.2, -0.15) is 0 Å². The van der Waals surface area contributed by atoms with Crippen LogP contribution in [0.1, 0.15) is 49.7 Å². The summed E-state index contributed by atoms with van der Waals surface area (Å²) in [7, 11) is 0. The van der Waals surface area contributed by atoms with Crippen molar-refractivity contribution < 1.29 is 14.7 Å². The smallest absolute Gasteiger partial charge is 0.337 e. The van der Waals surface area contributed by atoms with Crippen molar-refractivity contribution in [1.29, 1.82) is 0 Å². The van der Waals surface area contributed by atoms with E-state index in [4.69, 9.17) is 5.11 Å². The van der Waals surface area contributed by atoms with Crippen molar-refractivity contribution in [3.8, 4) is 11.3 Å². The number of carboxylic acids is 1. The maximum atomic E-state index is 12.6. The molecule has 0 radical (unpaired) electrons. The molecule has 1 aliphatic rings. The van der Waals surface area contributed by atoms with Gasteiger partial charge in [0.15, 0.2) is 0 Å². The zero-order valence-electron chi connectivity index (χ0n) is 16.6. The molecular weight excluding hydrogens is 356 g/mol. The Morgan fingerprint density at radius 1 is 1.18 bits per heavy atom. The third-order valence-electron chi connectivity index (χ3n) is 4.91. The summed E-state index contributed by atoms with van der Waals surface area (Å²) in [6.07, 6.45) is 9.03. The van der Waals surface area contributed by atoms with E-state index in [2.05, 4.69) is 15.0 Å². The molecule has 1 aliphatic heterocycles. The van der Waals surface area contributed by atoms with Crippen molar-refractivity contribution in [2.75, 3.05) is 13.1 Å². The number of nitrogens with zero attached hydrogens (tertiary/aromatic N) is 4. The van der Waals surface area contributed by atoms with Crippen LogP contribution < -0.4 is 0 Å². The summed E-state index contributed by atoms with van der Waals surface area (Å²) in [5.74, 6) is -0.494. The van der Waals surface area contributed by atoms with Crippen molar-refractivity contribution in [1.82, 2.24) is 19.9 Å². The van der Waals surface area contributed by atoms with Crippen LogP contribution in [-0.2, 0) is 11.2 Å². The van der Waals surface area contributed by atoms with Gasteiger partial charge in [-0.05, 0) is 31.2 Å². The van der Waals surface area contributed by atoms with Crippen LogP contribution in [0.15, 0.2) is 30.9 Å². The molecule has 1 N–H and O–H groups in total. The van der Waals surface area contributed by atoms with Crippen LogP contribution >= 0.6 is 0 Å². The monoisotopic (exact) mass is 382 g/mol. The van der Waals surface area contributed by atoms with Crippen LogP contribution in [0.2, 0.25) is 0 Å². The first-order valence-electron chi connectivity index (χ1n) is 9.53. The molecule has 0 saturated carbocycles. The molecule has 148 valence electrons. The van der Waals surface area contributed by atoms with Crippen molar-refractivity contribution in [2.45, 2.75) is 40.0 Å². The number of carbonyl (C=O) groups excluding carboxylic acids is 1. The Morgan fingerprint density at radius 2 is 1.93 bits per heavy atom. The fraction of sp³-hybridized carbons (Fsp3) is 0.476. The molecule has 0 unspecified atom stereocenters. The molecule has 7 heteroatoms. The molecule has 3 heterocycles. The summed E-state index contributed by atoms with van der Waals surface area (Å²) in [4.78, 5) is 38.6. The molecule has 1 amide bonds. The topological polar surface area (TPSA) is 96.3 Å². The van der Waals surface area contributed by atoms with Crippen LogP contribution in [0.5, 0.6) is 0 Å². The number of carboxylic acid groups (broad SMARTS) is 1. The first kappa shape index (κ1) is 19.9. The van der Waals surface area contributed by atoms with Gasteiger partial charge in [-0.15, -0.1) is 0 Å². The van der Waals surface area contributed by atoms with Gasteiger partial charge < -0.3 is 10.0 Å². The third-order valence-corrected chi connectivity index (χ3v) is 4.91. The fourth-order valence-corrected chi connectivity index (χ4v) is 3.53. The number of amides is 1. The summed E-state index contributed by atoms with van der Waals surface area (Å²) in [6, 6.07) is 1.55. The van der Waals surface area contributed by atoms with E-state index in [0.29, 0.717) is 17.2 Å². The van der Waals surface area contributed by atoms with E-state index >= 15 is 0 Å². The average Bonchev–Trinajstić information content (AvgIpc) is 2.67. The number of rotatable bonds is 4. The number of pyridine rings is 1. The van der Waals surface area contributed by atoms with Gasteiger partial charge in [-0.1, -0.05) is 20.8 Å². The number of aromatic nitrogens is 3. The number of hydrogen-bond acceptors (Lipinski definition) is 5. The number of likely N-dealkylation sites (tertiary alicyclic amines) is 1. The minimum atomic E-state index is -1.02. The van der Waals surface area contributed by atoms with Gasteiger partial charge in [0, 0.05) is 42.7 Å². The summed E-state index contributed by atoms with van der Waals surface area (Å²) in [5.41, 5.74) is 1.82. The van der Waals surface area contributed by atoms with Crippen molar-refractivity contribution in [3.63, 3.8) is 0 Å². The highest BCUT2D eigenvalue weighted by Crippen LogP contribution is 2.26. The van der Waals surface area contributed by atoms with Crippen LogP contribution in [0.4, 0.5) is 0 Å². The van der Waals surface area contributed by atoms with Crippen molar-refractivity contribution in [3.05, 3.63) is 42.1 Å². The van der Waals surface area contributed by atoms with E-state index in [0.717, 1.165) is 38.0 Å². The molecule has 28 heavy (non-hydrogen) atoms. The Hall–Kier alpha value is -2.83. The second-order valence-electron chi connectivity index (χ2n) is 8.38. The second-order valence-corrected chi connectivity index (χ2v) is 8.38. The summed E-state index contributed by atoms with van der Waals surface area (Å²) < 4.78 is 0. The van der Waals surface area contributed by atoms with Crippen molar-refractivity contribution in [2.24, 2.45) is 11.3 Å². The Bertz CT molecular complexity index is 876. The average molecular weight is 382 g/mol. The molecular formula is C21H26N4O3. The molecule has 7 nitrogen and oxygen atoms in total. The van der Waals surface area contributed by atoms with E-state index in [9.17, 15) is 9.59 Å². The van der Waals surface area contributed by atoms with Gasteiger partial charge in [0.05, 0.1) is 23.1 Å². The molecule has 2 aromatic rings. The predicted molar refractivity (Wildman–Crippen MR) is 105 cm³/mol. The quantitative estimate of drug-likeness (QED) is 0.873. The summed E-state index contributed by atoms with van der Waals surface area (Å²) in [5, 5.41) is 9.15. The highest BCUT2D eigenvalue weighted by molar-refractivity contribution is 5.88. The maximum Gasteiger partial charge on any atom is 0.337 e. The standard InChI is InChI=1S/C21H26N4O3/c1-21(2,3)20(28)25-6-4-5-14(13-25)7-17-11-23-12-18(24-17)15-8-16(19(26)27)10-22-9-15/h8-12,14H,4-7,13H2,1-3H3,(H,26,27)/t14-/m1/s1. The molecule has 0 bridgehead atoms. The Kier molecular flexibility index (Phi) is 5.72. The van der Waals surface area contributed by atoms with Gasteiger partial charge in [0.1, 0.15) is 0 Å². The van der Waals surface area contributed by atoms with Crippen LogP contribution in [0, 0.1) is 11.3 Å². The number of hydrogen-bond donors (Lipinski definition) is 1. The lowest BCUT2D eigenvalue weighted by Gasteiger charge is -2.36. The minimum absolute atomic E-state index is 0.119. The van der Waals surface area contributed by atoms with E-state index < -0.39 is 5.97 Å². The molecule has 0 aliphatic carbocycles. The first-order valence-corrected chi connectivity index (χ1v) is 9.53. The molecule has 1 atom stereocenters. The van der Waals surface area contributed by atoms with Crippen LogP contribution in [0.3, 0.4) is 0 Å². The number of carbonyl (C=O) groups is 2. The Balaban J connectivity index is 1.73. The second kappa shape index (κ2) is 8.04. The predicted octanol–water partition coefficient (Wildman–Crippen LogP) is 3.06. The first-order chi connectivity index (χ1) is 13.2. The van der Waals surface area contributed by atoms with Crippen LogP contribution in [0.25, 0.3) is 11.3 Å². The van der Waals surface area contributed by atoms with Gasteiger partial charge in [0.2, 0.25) is 5.91 Å². The SMILES string of the molecule is CC(C)(C)C(=O)N1CCC[C@H](Cc2cncc(-c3cncc(C(=O)O)c3)n2)C1. The maximum absolute atomic E-state index is 12.6. The number of piperidine rings is 1. The zero-order chi connectivity index (χ0) is 20.3. The van der Waals surface area contributed by atoms with Gasteiger partial charge in [-0.3, -0.25) is 14.8 Å². The van der Waals surface area contributed by atoms with Crippen molar-refractivity contribution >= 4 is 11.9 Å². The zero-order valence-corrected chi connectivity index (χ0v) is 16.6. The molecule has 0 spiro atoms. The Labute approximate surface area is 164 Å². The normalized spacial score (nSPS) is 17.4. The molecule has 1 fully saturated rings. The fourth-order valence-electron chi connectivity index (χ4n) is 3.53. The highest BCUT2D eigenvalue weighted by atomic mass is 16.4. The van der Waals surface area contributed by atoms with E-state index in [1.807, 2.05) is 25.7 Å². The van der Waals surface area contributed by atoms with E-state index in [1.165, 1.54) is 6.20 Å². The van der Waals surface area contributed by atoms with Gasteiger partial charge >= 0.3 is 5.97 Å². The lowest BCUT2D eigenvalue weighted by molar-refractivity contribution is -0.141. The molecule has 2 aromatic heterocycles. The highest BCUT2D eigenvalue weighted by Gasteiger charge is 2.31. The Morgan fingerprint density at radius 3 is 2.64 bits per heavy atom. The summed E-state index contributed by atoms with van der Waals surface area (Å²) >= 11 is 0. The minimum Gasteiger partial charge on any atom is -0.478 e. The lowest BCUT2D eigenvalue weighted by Crippen LogP contribution is -2.45. The molecule has 3 rings (SSSR count).